The number of benzene rings is 2. The van der Waals surface area contributed by atoms with Gasteiger partial charge >= 0.3 is 0 Å². The van der Waals surface area contributed by atoms with E-state index < -0.39 is 0 Å². The molecule has 6 heteroatoms. The summed E-state index contributed by atoms with van der Waals surface area (Å²) in [5, 5.41) is 0.557. The maximum absolute atomic E-state index is 12.9. The molecule has 0 N–H and O–H groups in total. The van der Waals surface area contributed by atoms with E-state index in [0.717, 1.165) is 18.7 Å². The molecule has 2 aromatic carbocycles. The number of anilines is 1. The summed E-state index contributed by atoms with van der Waals surface area (Å²) < 4.78 is 0. The zero-order chi connectivity index (χ0) is 20.6. The Morgan fingerprint density at radius 2 is 1.83 bits per heavy atom. The third-order valence-corrected chi connectivity index (χ3v) is 5.22. The SMILES string of the molecule is C=CCN(C(=O)CN1CCCN(C(=O)c2cccc(Cl)c2)CC1)c1ccccc1. The van der Waals surface area contributed by atoms with Crippen LogP contribution >= 0.6 is 11.6 Å². The molecule has 3 rings (SSSR count). The standard InChI is InChI=1S/C23H26ClN3O2/c1-2-12-27(21-10-4-3-5-11-21)22(28)18-25-13-7-14-26(16-15-25)23(29)19-8-6-9-20(24)17-19/h2-6,8-11,17H,1,7,12-16,18H2. The van der Waals surface area contributed by atoms with Crippen LogP contribution in [0.5, 0.6) is 0 Å². The monoisotopic (exact) mass is 411 g/mol. The fraction of sp³-hybridized carbons (Fsp3) is 0.304. The summed E-state index contributed by atoms with van der Waals surface area (Å²) in [6.07, 6.45) is 2.56. The van der Waals surface area contributed by atoms with Crippen molar-refractivity contribution in [1.82, 2.24) is 9.80 Å². The predicted molar refractivity (Wildman–Crippen MR) is 117 cm³/mol. The van der Waals surface area contributed by atoms with Gasteiger partial charge in [-0.2, -0.15) is 0 Å². The summed E-state index contributed by atoms with van der Waals surface area (Å²) in [5.41, 5.74) is 1.47. The molecule has 0 unspecified atom stereocenters. The highest BCUT2D eigenvalue weighted by molar-refractivity contribution is 6.30. The topological polar surface area (TPSA) is 43.9 Å². The molecule has 0 bridgehead atoms. The van der Waals surface area contributed by atoms with E-state index in [2.05, 4.69) is 11.5 Å². The lowest BCUT2D eigenvalue weighted by Gasteiger charge is -2.26. The summed E-state index contributed by atoms with van der Waals surface area (Å²) in [6, 6.07) is 16.7. The second-order valence-corrected chi connectivity index (χ2v) is 7.50. The van der Waals surface area contributed by atoms with E-state index in [-0.39, 0.29) is 11.8 Å². The molecule has 0 spiro atoms. The van der Waals surface area contributed by atoms with Gasteiger partial charge in [-0.15, -0.1) is 6.58 Å². The molecule has 0 radical (unpaired) electrons. The summed E-state index contributed by atoms with van der Waals surface area (Å²) in [5.74, 6) is 0.0176. The molecule has 0 saturated carbocycles. The molecular weight excluding hydrogens is 386 g/mol. The Morgan fingerprint density at radius 3 is 2.55 bits per heavy atom. The van der Waals surface area contributed by atoms with Gasteiger partial charge in [-0.3, -0.25) is 14.5 Å². The Hall–Kier alpha value is -2.63. The van der Waals surface area contributed by atoms with Crippen LogP contribution in [0.2, 0.25) is 5.02 Å². The minimum atomic E-state index is -0.0155. The summed E-state index contributed by atoms with van der Waals surface area (Å²) >= 11 is 6.02. The number of carbonyl (C=O) groups is 2. The van der Waals surface area contributed by atoms with Crippen molar-refractivity contribution in [2.24, 2.45) is 0 Å². The molecule has 0 aliphatic carbocycles. The minimum Gasteiger partial charge on any atom is -0.337 e. The first-order valence-electron chi connectivity index (χ1n) is 9.82. The fourth-order valence-corrected chi connectivity index (χ4v) is 3.69. The molecule has 1 saturated heterocycles. The van der Waals surface area contributed by atoms with Gasteiger partial charge in [0.15, 0.2) is 0 Å². The third kappa shape index (κ3) is 5.68. The molecule has 2 amide bonds. The predicted octanol–water partition coefficient (Wildman–Crippen LogP) is 3.71. The van der Waals surface area contributed by atoms with E-state index >= 15 is 0 Å². The Bertz CT molecular complexity index is 856. The molecule has 0 aromatic heterocycles. The van der Waals surface area contributed by atoms with Gasteiger partial charge in [0, 0.05) is 49.0 Å². The lowest BCUT2D eigenvalue weighted by molar-refractivity contribution is -0.119. The van der Waals surface area contributed by atoms with Crippen LogP contribution in [0.25, 0.3) is 0 Å². The maximum atomic E-state index is 12.9. The van der Waals surface area contributed by atoms with Crippen molar-refractivity contribution in [3.63, 3.8) is 0 Å². The third-order valence-electron chi connectivity index (χ3n) is 4.99. The average Bonchev–Trinajstić information content (AvgIpc) is 2.97. The van der Waals surface area contributed by atoms with Gasteiger partial charge in [-0.25, -0.2) is 0 Å². The molecule has 1 aliphatic rings. The molecule has 1 heterocycles. The average molecular weight is 412 g/mol. The number of hydrogen-bond acceptors (Lipinski definition) is 3. The lowest BCUT2D eigenvalue weighted by atomic mass is 10.2. The zero-order valence-corrected chi connectivity index (χ0v) is 17.2. The molecule has 1 aliphatic heterocycles. The number of nitrogens with zero attached hydrogens (tertiary/aromatic N) is 3. The van der Waals surface area contributed by atoms with E-state index in [1.807, 2.05) is 35.2 Å². The normalized spacial score (nSPS) is 14.9. The van der Waals surface area contributed by atoms with Gasteiger partial charge in [-0.05, 0) is 36.8 Å². The van der Waals surface area contributed by atoms with Crippen molar-refractivity contribution in [2.45, 2.75) is 6.42 Å². The molecule has 1 fully saturated rings. The van der Waals surface area contributed by atoms with E-state index in [9.17, 15) is 9.59 Å². The summed E-state index contributed by atoms with van der Waals surface area (Å²) in [4.78, 5) is 31.4. The van der Waals surface area contributed by atoms with Crippen LogP contribution in [0.1, 0.15) is 16.8 Å². The van der Waals surface area contributed by atoms with Crippen molar-refractivity contribution in [3.8, 4) is 0 Å². The minimum absolute atomic E-state index is 0.0155. The number of hydrogen-bond donors (Lipinski definition) is 0. The van der Waals surface area contributed by atoms with Crippen molar-refractivity contribution < 1.29 is 9.59 Å². The van der Waals surface area contributed by atoms with Crippen molar-refractivity contribution in [2.75, 3.05) is 44.2 Å². The van der Waals surface area contributed by atoms with Crippen molar-refractivity contribution in [1.29, 1.82) is 0 Å². The van der Waals surface area contributed by atoms with Crippen LogP contribution in [0, 0.1) is 0 Å². The van der Waals surface area contributed by atoms with Crippen LogP contribution in [-0.4, -0.2) is 60.9 Å². The highest BCUT2D eigenvalue weighted by atomic mass is 35.5. The summed E-state index contributed by atoms with van der Waals surface area (Å²) in [7, 11) is 0. The fourth-order valence-electron chi connectivity index (χ4n) is 3.50. The number of amides is 2. The number of halogens is 1. The first-order valence-corrected chi connectivity index (χ1v) is 10.2. The molecule has 29 heavy (non-hydrogen) atoms. The Labute approximate surface area is 177 Å². The first kappa shape index (κ1) is 21.1. The molecule has 2 aromatic rings. The van der Waals surface area contributed by atoms with E-state index in [0.29, 0.717) is 43.3 Å². The quantitative estimate of drug-likeness (QED) is 0.680. The van der Waals surface area contributed by atoms with Crippen LogP contribution in [-0.2, 0) is 4.79 Å². The Balaban J connectivity index is 1.61. The molecular formula is C23H26ClN3O2. The molecule has 5 nitrogen and oxygen atoms in total. The lowest BCUT2D eigenvalue weighted by Crippen LogP contribution is -2.42. The van der Waals surface area contributed by atoms with E-state index in [1.165, 1.54) is 0 Å². The largest absolute Gasteiger partial charge is 0.337 e. The second kappa shape index (κ2) is 10.2. The second-order valence-electron chi connectivity index (χ2n) is 7.06. The Kier molecular flexibility index (Phi) is 7.44. The van der Waals surface area contributed by atoms with E-state index in [1.54, 1.807) is 35.2 Å². The number of carbonyl (C=O) groups excluding carboxylic acids is 2. The highest BCUT2D eigenvalue weighted by Gasteiger charge is 2.23. The van der Waals surface area contributed by atoms with Gasteiger partial charge in [-0.1, -0.05) is 41.9 Å². The molecule has 152 valence electrons. The smallest absolute Gasteiger partial charge is 0.253 e. The summed E-state index contributed by atoms with van der Waals surface area (Å²) in [6.45, 7) is 7.26. The maximum Gasteiger partial charge on any atom is 0.253 e. The van der Waals surface area contributed by atoms with Gasteiger partial charge < -0.3 is 9.80 Å². The van der Waals surface area contributed by atoms with Gasteiger partial charge in [0.05, 0.1) is 6.54 Å². The van der Waals surface area contributed by atoms with Gasteiger partial charge in [0.25, 0.3) is 5.91 Å². The van der Waals surface area contributed by atoms with Gasteiger partial charge in [0.2, 0.25) is 5.91 Å². The van der Waals surface area contributed by atoms with Crippen molar-refractivity contribution >= 4 is 29.1 Å². The highest BCUT2D eigenvalue weighted by Crippen LogP contribution is 2.16. The first-order chi connectivity index (χ1) is 14.1. The molecule has 0 atom stereocenters. The van der Waals surface area contributed by atoms with E-state index in [4.69, 9.17) is 11.6 Å². The van der Waals surface area contributed by atoms with Crippen LogP contribution < -0.4 is 4.90 Å². The zero-order valence-electron chi connectivity index (χ0n) is 16.5. The number of rotatable bonds is 6. The number of para-hydroxylation sites is 1. The van der Waals surface area contributed by atoms with Crippen molar-refractivity contribution in [3.05, 3.63) is 77.8 Å². The van der Waals surface area contributed by atoms with Crippen LogP contribution in [0.3, 0.4) is 0 Å². The van der Waals surface area contributed by atoms with Gasteiger partial charge in [0.1, 0.15) is 0 Å². The van der Waals surface area contributed by atoms with Crippen LogP contribution in [0.15, 0.2) is 67.3 Å². The van der Waals surface area contributed by atoms with Crippen LogP contribution in [0.4, 0.5) is 5.69 Å². The Morgan fingerprint density at radius 1 is 1.03 bits per heavy atom.